The zero-order chi connectivity index (χ0) is 10.0. The van der Waals surface area contributed by atoms with Crippen molar-refractivity contribution < 1.29 is 65.9 Å². The molecule has 0 atom stereocenters. The Labute approximate surface area is 99.9 Å². The average molecular weight is 276 g/mol. The van der Waals surface area contributed by atoms with Crippen molar-refractivity contribution in [3.05, 3.63) is 0 Å². The molecule has 8 heteroatoms. The summed E-state index contributed by atoms with van der Waals surface area (Å²) in [4.78, 5) is 40.0. The third kappa shape index (κ3) is 3370. The van der Waals surface area contributed by atoms with Gasteiger partial charge >= 0.3 is 17.1 Å². The fourth-order valence-electron chi connectivity index (χ4n) is 0. The third-order valence-electron chi connectivity index (χ3n) is 0. The van der Waals surface area contributed by atoms with Gasteiger partial charge in [0.15, 0.2) is 0 Å². The molecular weight excluding hydrogens is 266 g/mol. The Morgan fingerprint density at radius 2 is 0.385 bits per heavy atom. The van der Waals surface area contributed by atoms with Gasteiger partial charge in [0.25, 0.3) is 0 Å². The quantitative estimate of drug-likeness (QED) is 0.410. The van der Waals surface area contributed by atoms with Crippen LogP contribution in [0, 0.1) is 0 Å². The Morgan fingerprint density at radius 1 is 0.385 bits per heavy atom. The molecule has 0 aliphatic carbocycles. The Balaban J connectivity index is -0.00000000379. The molecule has 0 fully saturated rings. The molecule has 0 aliphatic rings. The van der Waals surface area contributed by atoms with E-state index in [0.29, 0.717) is 0 Å². The van der Waals surface area contributed by atoms with Gasteiger partial charge in [0.1, 0.15) is 33.9 Å². The molecule has 0 N–H and O–H groups in total. The summed E-state index contributed by atoms with van der Waals surface area (Å²) in [6.45, 7) is 10.0. The summed E-state index contributed by atoms with van der Waals surface area (Å²) in [5.41, 5.74) is 0. The van der Waals surface area contributed by atoms with Crippen molar-refractivity contribution in [1.29, 1.82) is 0 Å². The predicted molar refractivity (Wildman–Crippen MR) is 35.6 cm³/mol. The topological polar surface area (TPSA) is 85.3 Å². The Hall–Kier alpha value is -0.551. The van der Waals surface area contributed by atoms with Crippen LogP contribution in [0.5, 0.6) is 0 Å². The van der Waals surface area contributed by atoms with Crippen LogP contribution in [-0.4, -0.2) is 33.9 Å². The van der Waals surface area contributed by atoms with Crippen LogP contribution in [0.3, 0.4) is 0 Å². The van der Waals surface area contributed by atoms with Crippen molar-refractivity contribution in [1.82, 2.24) is 0 Å². The molecule has 81 valence electrons. The summed E-state index contributed by atoms with van der Waals surface area (Å²) in [5, 5.41) is 0. The van der Waals surface area contributed by atoms with Gasteiger partial charge in [-0.3, -0.25) is 0 Å². The van der Waals surface area contributed by atoms with Crippen molar-refractivity contribution >= 4 is 33.9 Å². The van der Waals surface area contributed by atoms with Gasteiger partial charge in [-0.2, -0.15) is 0 Å². The van der Waals surface area contributed by atoms with Crippen molar-refractivity contribution in [2.24, 2.45) is 0 Å². The van der Waals surface area contributed by atoms with Gasteiger partial charge in [-0.25, -0.2) is 0 Å². The van der Waals surface area contributed by atoms with E-state index in [4.69, 9.17) is 24.0 Å². The molecule has 0 aliphatic heterocycles. The third-order valence-corrected chi connectivity index (χ3v) is 0. The number of hydrogen-bond donors (Lipinski definition) is 0. The summed E-state index contributed by atoms with van der Waals surface area (Å²) in [6.07, 6.45) is 0. The minimum Gasteiger partial charge on any atom is -1.00 e. The maximum Gasteiger partial charge on any atom is 2.00 e. The number of rotatable bonds is 0. The first kappa shape index (κ1) is 82.4. The van der Waals surface area contributed by atoms with Crippen LogP contribution in [0.1, 0.15) is 0 Å². The monoisotopic (exact) mass is 275 g/mol. The van der Waals surface area contributed by atoms with E-state index in [-0.39, 0.29) is 41.9 Å². The average Bonchev–Trinajstić information content (AvgIpc) is 2.20. The van der Waals surface area contributed by atoms with Gasteiger partial charge < -0.3 is 48.8 Å². The summed E-state index contributed by atoms with van der Waals surface area (Å²) in [6, 6.07) is 0. The summed E-state index contributed by atoms with van der Waals surface area (Å²) < 4.78 is 0. The zero-order valence-corrected chi connectivity index (χ0v) is 9.40. The minimum absolute atomic E-state index is 0. The fourth-order valence-corrected chi connectivity index (χ4v) is 0. The van der Waals surface area contributed by atoms with Crippen LogP contribution in [0.2, 0.25) is 0 Å². The second-order valence-electron chi connectivity index (χ2n) is 0. The number of carbonyl (C=O) groups excluding carboxylic acids is 5. The van der Waals surface area contributed by atoms with Crippen LogP contribution in [0.4, 0.5) is 0 Å². The molecule has 0 aromatic carbocycles. The molecule has 0 aromatic rings. The van der Waals surface area contributed by atoms with Gasteiger partial charge in [0, 0.05) is 0 Å². The first-order valence-corrected chi connectivity index (χ1v) is 1.44. The summed E-state index contributed by atoms with van der Waals surface area (Å²) in [5.74, 6) is 0. The van der Waals surface area contributed by atoms with E-state index in [1.165, 1.54) is 0 Å². The first-order valence-electron chi connectivity index (χ1n) is 1.44. The number of carbonyl (C=O) groups is 5. The molecular formula is C5H10Cl2MnO5. The maximum atomic E-state index is 8.00. The first-order chi connectivity index (χ1) is 5.00. The fraction of sp³-hybridized carbons (Fsp3) is 0. The van der Waals surface area contributed by atoms with Crippen molar-refractivity contribution in [3.63, 3.8) is 0 Å². The normalized spacial score (nSPS) is 1.54. The van der Waals surface area contributed by atoms with Crippen molar-refractivity contribution in [2.75, 3.05) is 0 Å². The minimum atomic E-state index is 0. The standard InChI is InChI=1S/5CH2O.2ClH.Mn/c5*1-2;;;/h5*1H2;2*1H;/q;;;;;;;+2/p-2. The molecule has 1 radical (unpaired) electrons. The molecule has 0 bridgehead atoms. The van der Waals surface area contributed by atoms with E-state index in [2.05, 4.69) is 0 Å². The maximum absolute atomic E-state index is 8.00. The molecule has 0 spiro atoms. The second kappa shape index (κ2) is 4130. The van der Waals surface area contributed by atoms with Gasteiger partial charge in [-0.15, -0.1) is 0 Å². The van der Waals surface area contributed by atoms with Crippen LogP contribution in [-0.2, 0) is 41.0 Å². The van der Waals surface area contributed by atoms with Crippen LogP contribution >= 0.6 is 0 Å². The number of halogens is 2. The van der Waals surface area contributed by atoms with Crippen LogP contribution < -0.4 is 24.8 Å². The van der Waals surface area contributed by atoms with E-state index >= 15 is 0 Å². The molecule has 0 unspecified atom stereocenters. The molecule has 13 heavy (non-hydrogen) atoms. The van der Waals surface area contributed by atoms with Gasteiger partial charge in [-0.05, 0) is 0 Å². The SMILES string of the molecule is C=O.C=O.C=O.C=O.C=O.[Cl-].[Cl-].[Mn+2]. The van der Waals surface area contributed by atoms with E-state index in [0.717, 1.165) is 0 Å². The van der Waals surface area contributed by atoms with Gasteiger partial charge in [0.2, 0.25) is 0 Å². The van der Waals surface area contributed by atoms with E-state index < -0.39 is 0 Å². The van der Waals surface area contributed by atoms with Crippen LogP contribution in [0.25, 0.3) is 0 Å². The largest absolute Gasteiger partial charge is 2.00 e. The molecule has 0 saturated heterocycles. The van der Waals surface area contributed by atoms with E-state index in [9.17, 15) is 0 Å². The Bertz CT molecular complexity index is 34.5. The molecule has 0 saturated carbocycles. The Morgan fingerprint density at radius 3 is 0.385 bits per heavy atom. The van der Waals surface area contributed by atoms with Gasteiger partial charge in [0.05, 0.1) is 0 Å². The molecule has 5 nitrogen and oxygen atoms in total. The van der Waals surface area contributed by atoms with Crippen molar-refractivity contribution in [3.8, 4) is 0 Å². The Kier molecular flexibility index (Phi) is 26200. The van der Waals surface area contributed by atoms with Crippen LogP contribution in [0.15, 0.2) is 0 Å². The van der Waals surface area contributed by atoms with Crippen molar-refractivity contribution in [2.45, 2.75) is 0 Å². The van der Waals surface area contributed by atoms with E-state index in [1.54, 1.807) is 0 Å². The molecule has 0 amide bonds. The molecule has 0 aromatic heterocycles. The smallest absolute Gasteiger partial charge is 1.00 e. The predicted octanol–water partition coefficient (Wildman–Crippen LogP) is -6.92. The van der Waals surface area contributed by atoms with E-state index in [1.807, 2.05) is 33.9 Å². The second-order valence-corrected chi connectivity index (χ2v) is 0. The molecule has 0 heterocycles. The summed E-state index contributed by atoms with van der Waals surface area (Å²) >= 11 is 0. The summed E-state index contributed by atoms with van der Waals surface area (Å²) in [7, 11) is 0. The molecule has 0 rings (SSSR count). The number of hydrogen-bond acceptors (Lipinski definition) is 5. The zero-order valence-electron chi connectivity index (χ0n) is 6.71. The van der Waals surface area contributed by atoms with Gasteiger partial charge in [-0.1, -0.05) is 0 Å².